The molecule has 0 fully saturated rings. The quantitative estimate of drug-likeness (QED) is 0.338. The number of anilines is 1. The van der Waals surface area contributed by atoms with Crippen molar-refractivity contribution in [2.45, 2.75) is 6.54 Å². The summed E-state index contributed by atoms with van der Waals surface area (Å²) < 4.78 is 21.8. The molecule has 1 aromatic carbocycles. The fourth-order valence-corrected chi connectivity index (χ4v) is 2.82. The topological polar surface area (TPSA) is 168 Å². The molecular weight excluding hydrogens is 422 g/mol. The predicted molar refractivity (Wildman–Crippen MR) is 112 cm³/mol. The second-order valence-corrected chi connectivity index (χ2v) is 6.67. The molecule has 0 bridgehead atoms. The molecule has 14 heteroatoms. The Labute approximate surface area is 182 Å². The Hall–Kier alpha value is -4.20. The maximum Gasteiger partial charge on any atom is 0.293 e. The summed E-state index contributed by atoms with van der Waals surface area (Å²) >= 11 is 0. The zero-order chi connectivity index (χ0) is 23.3. The lowest BCUT2D eigenvalue weighted by Crippen LogP contribution is -2.23. The molecule has 3 N–H and O–H groups in total. The molecule has 0 saturated carbocycles. The van der Waals surface area contributed by atoms with Gasteiger partial charge in [0, 0.05) is 12.1 Å². The molecule has 2 heterocycles. The van der Waals surface area contributed by atoms with E-state index in [-0.39, 0.29) is 17.3 Å². The molecule has 0 aliphatic rings. The van der Waals surface area contributed by atoms with Crippen LogP contribution in [0.5, 0.6) is 17.2 Å². The van der Waals surface area contributed by atoms with E-state index in [0.717, 1.165) is 0 Å². The number of aromatic nitrogens is 5. The molecule has 3 rings (SSSR count). The third-order valence-electron chi connectivity index (χ3n) is 4.21. The lowest BCUT2D eigenvalue weighted by molar-refractivity contribution is 0.0948. The summed E-state index contributed by atoms with van der Waals surface area (Å²) in [6.45, 7) is 0.318. The van der Waals surface area contributed by atoms with Crippen molar-refractivity contribution in [1.29, 1.82) is 0 Å². The molecule has 0 unspecified atom stereocenters. The van der Waals surface area contributed by atoms with Crippen LogP contribution < -0.4 is 25.4 Å². The molecule has 2 aromatic heterocycles. The number of hydrogen-bond donors (Lipinski definition) is 2. The predicted octanol–water partition coefficient (Wildman–Crippen LogP) is 0.0838. The lowest BCUT2D eigenvalue weighted by atomic mass is 10.2. The summed E-state index contributed by atoms with van der Waals surface area (Å²) in [6, 6.07) is 3.37. The zero-order valence-corrected chi connectivity index (χ0v) is 18.2. The van der Waals surface area contributed by atoms with Gasteiger partial charge in [0.25, 0.3) is 5.91 Å². The van der Waals surface area contributed by atoms with Gasteiger partial charge in [0.1, 0.15) is 0 Å². The first-order valence-electron chi connectivity index (χ1n) is 9.20. The highest BCUT2D eigenvalue weighted by Gasteiger charge is 2.24. The number of nitrogens with two attached hydrogens (primary N) is 1. The molecule has 3 aromatic rings. The van der Waals surface area contributed by atoms with Gasteiger partial charge in [0.2, 0.25) is 17.4 Å². The van der Waals surface area contributed by atoms with Gasteiger partial charge in [-0.15, -0.1) is 5.10 Å². The van der Waals surface area contributed by atoms with Crippen molar-refractivity contribution in [3.8, 4) is 23.1 Å². The van der Waals surface area contributed by atoms with Crippen molar-refractivity contribution in [1.82, 2.24) is 35.6 Å². The third kappa shape index (κ3) is 4.59. The SMILES string of the molecule is COc1cc(/C=N/NC(=O)c2nnn(-c3nonc3N)c2CN(C)C)cc(OC)c1OC. The highest BCUT2D eigenvalue weighted by molar-refractivity contribution is 5.94. The van der Waals surface area contributed by atoms with Crippen LogP contribution in [0.15, 0.2) is 21.9 Å². The molecule has 32 heavy (non-hydrogen) atoms. The van der Waals surface area contributed by atoms with Crippen molar-refractivity contribution in [3.05, 3.63) is 29.1 Å². The van der Waals surface area contributed by atoms with E-state index in [1.54, 1.807) is 12.1 Å². The van der Waals surface area contributed by atoms with Gasteiger partial charge in [0.05, 0.1) is 33.2 Å². The molecule has 0 saturated heterocycles. The van der Waals surface area contributed by atoms with Gasteiger partial charge in [0.15, 0.2) is 17.2 Å². The number of rotatable bonds is 9. The van der Waals surface area contributed by atoms with Crippen LogP contribution in [0.1, 0.15) is 21.7 Å². The number of hydrogen-bond acceptors (Lipinski definition) is 12. The normalized spacial score (nSPS) is 11.2. The van der Waals surface area contributed by atoms with Crippen molar-refractivity contribution < 1.29 is 23.6 Å². The van der Waals surface area contributed by atoms with E-state index in [0.29, 0.717) is 35.1 Å². The molecule has 0 atom stereocenters. The summed E-state index contributed by atoms with van der Waals surface area (Å²) in [5.74, 6) is 0.926. The highest BCUT2D eigenvalue weighted by atomic mass is 16.6. The van der Waals surface area contributed by atoms with Crippen LogP contribution in [0.3, 0.4) is 0 Å². The van der Waals surface area contributed by atoms with Gasteiger partial charge >= 0.3 is 0 Å². The molecule has 0 aliphatic carbocycles. The fourth-order valence-electron chi connectivity index (χ4n) is 2.82. The molecule has 1 amide bonds. The van der Waals surface area contributed by atoms with Crippen LogP contribution in [-0.4, -0.2) is 77.8 Å². The Kier molecular flexibility index (Phi) is 6.84. The average Bonchev–Trinajstić information content (AvgIpc) is 3.37. The van der Waals surface area contributed by atoms with E-state index < -0.39 is 5.91 Å². The van der Waals surface area contributed by atoms with Gasteiger partial charge in [-0.2, -0.15) is 9.78 Å². The Balaban J connectivity index is 1.84. The van der Waals surface area contributed by atoms with Crippen LogP contribution in [0, 0.1) is 0 Å². The number of nitrogens with one attached hydrogen (secondary N) is 1. The second kappa shape index (κ2) is 9.74. The summed E-state index contributed by atoms with van der Waals surface area (Å²) in [7, 11) is 8.17. The molecule has 0 aliphatic heterocycles. The standard InChI is InChI=1S/C18H23N9O5/c1-26(2)9-11-14(21-25-27(11)17-16(19)23-32-24-17)18(28)22-20-8-10-6-12(29-3)15(31-5)13(7-10)30-4/h6-8H,9H2,1-5H3,(H2,19,23)(H,22,28)/b20-8+. The summed E-state index contributed by atoms with van der Waals surface area (Å²) in [4.78, 5) is 14.6. The number of nitrogen functional groups attached to an aromatic ring is 1. The number of amides is 1. The number of carbonyl (C=O) groups excluding carboxylic acids is 1. The van der Waals surface area contributed by atoms with Crippen LogP contribution in [-0.2, 0) is 6.54 Å². The Morgan fingerprint density at radius 2 is 1.91 bits per heavy atom. The summed E-state index contributed by atoms with van der Waals surface area (Å²) in [6.07, 6.45) is 1.43. The van der Waals surface area contributed by atoms with Crippen molar-refractivity contribution in [3.63, 3.8) is 0 Å². The lowest BCUT2D eigenvalue weighted by Gasteiger charge is -2.12. The van der Waals surface area contributed by atoms with E-state index in [1.165, 1.54) is 32.2 Å². The van der Waals surface area contributed by atoms with Crippen LogP contribution >= 0.6 is 0 Å². The van der Waals surface area contributed by atoms with E-state index in [4.69, 9.17) is 19.9 Å². The molecular formula is C18H23N9O5. The largest absolute Gasteiger partial charge is 0.493 e. The molecule has 170 valence electrons. The van der Waals surface area contributed by atoms with Gasteiger partial charge < -0.3 is 24.8 Å². The van der Waals surface area contributed by atoms with E-state index >= 15 is 0 Å². The van der Waals surface area contributed by atoms with Crippen LogP contribution in [0.2, 0.25) is 0 Å². The minimum atomic E-state index is -0.577. The Morgan fingerprint density at radius 1 is 1.22 bits per heavy atom. The summed E-state index contributed by atoms with van der Waals surface area (Å²) in [5, 5.41) is 19.1. The van der Waals surface area contributed by atoms with Gasteiger partial charge in [-0.25, -0.2) is 10.1 Å². The third-order valence-corrected chi connectivity index (χ3v) is 4.21. The number of hydrazone groups is 1. The first kappa shape index (κ1) is 22.5. The summed E-state index contributed by atoms with van der Waals surface area (Å²) in [5.41, 5.74) is 9.26. The Morgan fingerprint density at radius 3 is 2.44 bits per heavy atom. The van der Waals surface area contributed by atoms with Gasteiger partial charge in [-0.3, -0.25) is 4.79 Å². The maximum absolute atomic E-state index is 12.7. The van der Waals surface area contributed by atoms with Crippen molar-refractivity contribution >= 4 is 17.9 Å². The van der Waals surface area contributed by atoms with E-state index in [2.05, 4.69) is 35.8 Å². The van der Waals surface area contributed by atoms with Crippen LogP contribution in [0.4, 0.5) is 5.82 Å². The number of nitrogens with zero attached hydrogens (tertiary/aromatic N) is 7. The second-order valence-electron chi connectivity index (χ2n) is 6.67. The molecule has 0 spiro atoms. The average molecular weight is 445 g/mol. The van der Waals surface area contributed by atoms with Crippen molar-refractivity contribution in [2.24, 2.45) is 5.10 Å². The number of carbonyl (C=O) groups is 1. The fraction of sp³-hybridized carbons (Fsp3) is 0.333. The minimum absolute atomic E-state index is 0.0160. The minimum Gasteiger partial charge on any atom is -0.493 e. The van der Waals surface area contributed by atoms with Gasteiger partial charge in [-0.05, 0) is 36.5 Å². The Bertz CT molecular complexity index is 1100. The van der Waals surface area contributed by atoms with E-state index in [9.17, 15) is 4.79 Å². The van der Waals surface area contributed by atoms with E-state index in [1.807, 2.05) is 19.0 Å². The number of benzene rings is 1. The smallest absolute Gasteiger partial charge is 0.293 e. The zero-order valence-electron chi connectivity index (χ0n) is 18.2. The first-order chi connectivity index (χ1) is 15.4. The molecule has 0 radical (unpaired) electrons. The molecule has 14 nitrogen and oxygen atoms in total. The maximum atomic E-state index is 12.7. The van der Waals surface area contributed by atoms with Crippen LogP contribution in [0.25, 0.3) is 5.82 Å². The first-order valence-corrected chi connectivity index (χ1v) is 9.20. The monoisotopic (exact) mass is 445 g/mol. The highest BCUT2D eigenvalue weighted by Crippen LogP contribution is 2.37. The number of methoxy groups -OCH3 is 3. The van der Waals surface area contributed by atoms with Crippen molar-refractivity contribution in [2.75, 3.05) is 41.2 Å². The number of ether oxygens (including phenoxy) is 3. The van der Waals surface area contributed by atoms with Gasteiger partial charge in [-0.1, -0.05) is 5.21 Å².